The van der Waals surface area contributed by atoms with E-state index < -0.39 is 37.0 Å². The number of ether oxygens (including phenoxy) is 3. The number of nitro benzene ring substituents is 1. The molecule has 11 rings (SSSR count). The quantitative estimate of drug-likeness (QED) is 0.0551. The van der Waals surface area contributed by atoms with E-state index in [4.69, 9.17) is 19.2 Å². The maximum atomic E-state index is 14.4. The third-order valence-corrected chi connectivity index (χ3v) is 18.0. The van der Waals surface area contributed by atoms with Crippen molar-refractivity contribution < 1.29 is 37.5 Å². The molecule has 72 heavy (non-hydrogen) atoms. The molecule has 1 spiro atoms. The summed E-state index contributed by atoms with van der Waals surface area (Å²) in [6.45, 7) is 10.7. The molecule has 0 unspecified atom stereocenters. The Labute approximate surface area is 420 Å². The molecule has 0 radical (unpaired) electrons. The van der Waals surface area contributed by atoms with Gasteiger partial charge in [0.25, 0.3) is 27.5 Å². The van der Waals surface area contributed by atoms with Crippen molar-refractivity contribution in [1.29, 1.82) is 0 Å². The number of nitrogens with one attached hydrogen (secondary N) is 4. The number of nitrogens with zero attached hydrogens (tertiary/aromatic N) is 4. The largest absolute Gasteiger partial charge is 0.489 e. The summed E-state index contributed by atoms with van der Waals surface area (Å²) >= 11 is 0. The highest BCUT2D eigenvalue weighted by molar-refractivity contribution is 7.90. The number of carbonyl (C=O) groups is 1. The Morgan fingerprint density at radius 1 is 0.986 bits per heavy atom. The number of benzene rings is 3. The summed E-state index contributed by atoms with van der Waals surface area (Å²) in [5, 5.41) is 30.3. The number of carbonyl (C=O) groups excluding carboxylic acids is 1. The number of rotatable bonds is 13. The third kappa shape index (κ3) is 9.58. The first kappa shape index (κ1) is 48.3. The third-order valence-electron chi connectivity index (χ3n) is 16.7. The van der Waals surface area contributed by atoms with Crippen LogP contribution < -0.4 is 34.5 Å². The number of hydrogen-bond donors (Lipinski definition) is 5. The Bertz CT molecular complexity index is 2960. The van der Waals surface area contributed by atoms with Gasteiger partial charge in [0.05, 0.1) is 27.0 Å². The number of likely N-dealkylation sites (tertiary alicyclic amines) is 1. The fourth-order valence-corrected chi connectivity index (χ4v) is 13.5. The number of nitro groups is 1. The van der Waals surface area contributed by atoms with E-state index in [-0.39, 0.29) is 64.5 Å². The lowest BCUT2D eigenvalue weighted by Gasteiger charge is -2.56. The van der Waals surface area contributed by atoms with E-state index in [2.05, 4.69) is 68.3 Å². The SMILES string of the molecule is CC(C)c1ccccc1[C@@H]1CCCN1C1CC2(CCN(c3ccc(C(=O)NS(=O)(=O)c4cc5c(c([N+](=O)[O-])c4)N[C@@H](C4CCC(C)(O)CC4)CO5)c(Oc4cc5cc[nH]c5nc4O[C@@H]4CCNC4)c3)CC2)C1. The van der Waals surface area contributed by atoms with Crippen LogP contribution in [0.1, 0.15) is 125 Å². The Kier molecular flexibility index (Phi) is 12.9. The minimum absolute atomic E-state index is 0.00418. The van der Waals surface area contributed by atoms with Gasteiger partial charge in [0.2, 0.25) is 0 Å². The molecule has 0 bridgehead atoms. The van der Waals surface area contributed by atoms with Gasteiger partial charge in [-0.05, 0) is 143 Å². The maximum Gasteiger partial charge on any atom is 0.297 e. The summed E-state index contributed by atoms with van der Waals surface area (Å²) in [5.74, 6) is 0.158. The second kappa shape index (κ2) is 19.1. The number of aromatic amines is 1. The molecule has 3 aromatic carbocycles. The van der Waals surface area contributed by atoms with Crippen LogP contribution in [-0.2, 0) is 10.0 Å². The fraction of sp³-hybridized carbons (Fsp3) is 0.519. The number of anilines is 2. The molecule has 5 fully saturated rings. The Morgan fingerprint density at radius 3 is 2.53 bits per heavy atom. The van der Waals surface area contributed by atoms with Gasteiger partial charge in [-0.15, -0.1) is 0 Å². The van der Waals surface area contributed by atoms with Crippen molar-refractivity contribution in [3.8, 4) is 23.1 Å². The summed E-state index contributed by atoms with van der Waals surface area (Å²) in [5.41, 5.74) is 3.39. The molecule has 2 aliphatic carbocycles. The molecule has 3 atom stereocenters. The number of sulfonamides is 1. The van der Waals surface area contributed by atoms with Crippen LogP contribution in [0.3, 0.4) is 0 Å². The van der Waals surface area contributed by atoms with Crippen LogP contribution >= 0.6 is 0 Å². The van der Waals surface area contributed by atoms with Gasteiger partial charge >= 0.3 is 0 Å². The predicted octanol–water partition coefficient (Wildman–Crippen LogP) is 8.95. The second-order valence-electron chi connectivity index (χ2n) is 21.9. The lowest BCUT2D eigenvalue weighted by atomic mass is 9.59. The molecule has 4 aliphatic heterocycles. The van der Waals surface area contributed by atoms with E-state index in [1.807, 2.05) is 19.1 Å². The molecule has 5 N–H and O–H groups in total. The van der Waals surface area contributed by atoms with Gasteiger partial charge in [0.15, 0.2) is 17.2 Å². The maximum absolute atomic E-state index is 14.4. The van der Waals surface area contributed by atoms with Crippen molar-refractivity contribution in [2.24, 2.45) is 11.3 Å². The molecular weight excluding hydrogens is 937 g/mol. The normalized spacial score (nSPS) is 25.4. The minimum Gasteiger partial charge on any atom is -0.489 e. The van der Waals surface area contributed by atoms with Gasteiger partial charge < -0.3 is 39.8 Å². The van der Waals surface area contributed by atoms with Crippen molar-refractivity contribution in [2.45, 2.75) is 132 Å². The number of hydrogen-bond acceptors (Lipinski definition) is 14. The molecule has 382 valence electrons. The van der Waals surface area contributed by atoms with E-state index in [0.29, 0.717) is 55.9 Å². The van der Waals surface area contributed by atoms with Crippen LogP contribution in [0.15, 0.2) is 77.8 Å². The van der Waals surface area contributed by atoms with E-state index in [1.165, 1.54) is 42.9 Å². The lowest BCUT2D eigenvalue weighted by Crippen LogP contribution is -2.54. The van der Waals surface area contributed by atoms with Gasteiger partial charge in [-0.3, -0.25) is 19.8 Å². The second-order valence-corrected chi connectivity index (χ2v) is 23.5. The van der Waals surface area contributed by atoms with Crippen molar-refractivity contribution in [2.75, 3.05) is 49.5 Å². The van der Waals surface area contributed by atoms with Gasteiger partial charge in [0.1, 0.15) is 24.1 Å². The smallest absolute Gasteiger partial charge is 0.297 e. The van der Waals surface area contributed by atoms with Crippen molar-refractivity contribution in [1.82, 2.24) is 24.9 Å². The summed E-state index contributed by atoms with van der Waals surface area (Å²) in [4.78, 5) is 38.8. The van der Waals surface area contributed by atoms with Gasteiger partial charge in [-0.25, -0.2) is 13.1 Å². The van der Waals surface area contributed by atoms with Crippen LogP contribution in [0.4, 0.5) is 17.1 Å². The molecule has 2 saturated carbocycles. The van der Waals surface area contributed by atoms with Gasteiger partial charge in [-0.1, -0.05) is 38.1 Å². The topological polar surface area (TPSA) is 214 Å². The average molecular weight is 1000 g/mol. The van der Waals surface area contributed by atoms with E-state index >= 15 is 0 Å². The Balaban J connectivity index is 0.842. The van der Waals surface area contributed by atoms with Crippen molar-refractivity contribution >= 4 is 44.0 Å². The highest BCUT2D eigenvalue weighted by Gasteiger charge is 2.50. The molecule has 18 heteroatoms. The average Bonchev–Trinajstić information content (AvgIpc) is 4.16. The molecular formula is C54H66N8O9S. The fourth-order valence-electron chi connectivity index (χ4n) is 12.5. The molecule has 17 nitrogen and oxygen atoms in total. The lowest BCUT2D eigenvalue weighted by molar-refractivity contribution is -0.384. The van der Waals surface area contributed by atoms with Crippen LogP contribution in [-0.4, -0.2) is 102 Å². The summed E-state index contributed by atoms with van der Waals surface area (Å²) in [7, 11) is -4.71. The monoisotopic (exact) mass is 1000 g/mol. The zero-order chi connectivity index (χ0) is 49.9. The zero-order valence-corrected chi connectivity index (χ0v) is 42.1. The summed E-state index contributed by atoms with van der Waals surface area (Å²) < 4.78 is 49.6. The van der Waals surface area contributed by atoms with Gasteiger partial charge in [-0.2, -0.15) is 4.98 Å². The number of aromatic nitrogens is 2. The van der Waals surface area contributed by atoms with Crippen LogP contribution in [0, 0.1) is 21.4 Å². The standard InChI is InChI=1S/C54H66N8O9S/c1-33(2)40-7-4-5-8-41(40)44-9-6-22-61(44)37-29-54(30-37)18-23-60(24-19-54)36-10-11-42(46(26-36)71-48-25-35-14-21-56-50(35)58-52(48)70-38-15-20-55-31-38)51(63)59-72(67,68)39-27-45(62(65)66)49-47(28-39)69-32-43(57-49)34-12-16-53(3,64)17-13-34/h4-5,7-8,10-11,14,21,25-28,33-34,37-38,43-44,55,57,64H,6,9,12-13,15-20,22-24,29-32H2,1-3H3,(H,56,58)(H,59,63)/t34?,38-,43-,44+,53?/m1/s1. The molecule has 3 saturated heterocycles. The number of fused-ring (bicyclic) bond motifs is 2. The Hall–Kier alpha value is -5.95. The molecule has 1 amide bonds. The zero-order valence-electron chi connectivity index (χ0n) is 41.3. The summed E-state index contributed by atoms with van der Waals surface area (Å²) in [6, 6.07) is 20.7. The predicted molar refractivity (Wildman–Crippen MR) is 274 cm³/mol. The molecule has 6 aliphatic rings. The van der Waals surface area contributed by atoms with Gasteiger partial charge in [0, 0.05) is 67.2 Å². The molecule has 5 aromatic rings. The van der Waals surface area contributed by atoms with Crippen molar-refractivity contribution in [3.05, 3.63) is 99.7 Å². The number of aliphatic hydroxyl groups is 1. The van der Waals surface area contributed by atoms with E-state index in [0.717, 1.165) is 62.6 Å². The molecule has 2 aromatic heterocycles. The summed E-state index contributed by atoms with van der Waals surface area (Å²) in [6.07, 6.45) is 11.8. The molecule has 6 heterocycles. The highest BCUT2D eigenvalue weighted by atomic mass is 32.2. The number of pyridine rings is 1. The first-order valence-electron chi connectivity index (χ1n) is 25.9. The Morgan fingerprint density at radius 2 is 1.78 bits per heavy atom. The van der Waals surface area contributed by atoms with Crippen LogP contribution in [0.5, 0.6) is 23.1 Å². The number of piperidine rings is 1. The highest BCUT2D eigenvalue weighted by Crippen LogP contribution is 2.54. The first-order chi connectivity index (χ1) is 34.6. The minimum atomic E-state index is -4.71. The van der Waals surface area contributed by atoms with Crippen molar-refractivity contribution in [3.63, 3.8) is 0 Å². The van der Waals surface area contributed by atoms with E-state index in [1.54, 1.807) is 24.4 Å². The van der Waals surface area contributed by atoms with Crippen LogP contribution in [0.2, 0.25) is 0 Å². The number of H-pyrrole nitrogens is 1. The van der Waals surface area contributed by atoms with E-state index in [9.17, 15) is 28.4 Å². The van der Waals surface area contributed by atoms with Crippen LogP contribution in [0.25, 0.3) is 11.0 Å². The number of amides is 1. The first-order valence-corrected chi connectivity index (χ1v) is 27.4.